The highest BCUT2D eigenvalue weighted by Gasteiger charge is 2.30. The van der Waals surface area contributed by atoms with Gasteiger partial charge in [-0.1, -0.05) is 55.6 Å². The van der Waals surface area contributed by atoms with Crippen molar-refractivity contribution in [3.8, 4) is 5.75 Å². The Bertz CT molecular complexity index is 585. The van der Waals surface area contributed by atoms with Gasteiger partial charge in [-0.05, 0) is 17.5 Å². The quantitative estimate of drug-likeness (QED) is 0.641. The van der Waals surface area contributed by atoms with E-state index in [1.807, 2.05) is 20.8 Å². The molecule has 1 aromatic carbocycles. The summed E-state index contributed by atoms with van der Waals surface area (Å²) in [6.07, 6.45) is 0. The van der Waals surface area contributed by atoms with Crippen LogP contribution in [0.2, 0.25) is 15.1 Å². The maximum absolute atomic E-state index is 11.3. The first kappa shape index (κ1) is 19.2. The van der Waals surface area contributed by atoms with Crippen LogP contribution in [0.5, 0.6) is 5.75 Å². The smallest absolute Gasteiger partial charge is 0.233 e. The van der Waals surface area contributed by atoms with Crippen LogP contribution < -0.4 is 4.74 Å². The standard InChI is InChI=1S/C13H16Cl4O3S/c1-13(2,3)8(7-21(17,18)19)6-20-12-10(15)4-9(14)5-11(12)16/h4-5,8H,6-7H2,1-3H3. The van der Waals surface area contributed by atoms with E-state index < -0.39 is 9.05 Å². The van der Waals surface area contributed by atoms with Crippen molar-refractivity contribution >= 4 is 54.5 Å². The van der Waals surface area contributed by atoms with E-state index >= 15 is 0 Å². The van der Waals surface area contributed by atoms with Gasteiger partial charge in [-0.15, -0.1) is 0 Å². The van der Waals surface area contributed by atoms with Crippen LogP contribution >= 0.6 is 45.5 Å². The SMILES string of the molecule is CC(C)(C)C(COc1c(Cl)cc(Cl)cc1Cl)CS(=O)(=O)Cl. The number of ether oxygens (including phenoxy) is 1. The molecular weight excluding hydrogens is 378 g/mol. The molecular formula is C13H16Cl4O3S. The van der Waals surface area contributed by atoms with E-state index in [1.165, 1.54) is 12.1 Å². The second-order valence-electron chi connectivity index (χ2n) is 5.78. The van der Waals surface area contributed by atoms with Gasteiger partial charge >= 0.3 is 0 Å². The lowest BCUT2D eigenvalue weighted by atomic mass is 9.82. The molecule has 0 spiro atoms. The van der Waals surface area contributed by atoms with Gasteiger partial charge in [-0.2, -0.15) is 0 Å². The summed E-state index contributed by atoms with van der Waals surface area (Å²) in [4.78, 5) is 0. The van der Waals surface area contributed by atoms with Crippen LogP contribution in [0.3, 0.4) is 0 Å². The number of hydrogen-bond acceptors (Lipinski definition) is 3. The molecule has 0 heterocycles. The largest absolute Gasteiger partial charge is 0.490 e. The van der Waals surface area contributed by atoms with E-state index in [4.69, 9.17) is 50.2 Å². The monoisotopic (exact) mass is 392 g/mol. The van der Waals surface area contributed by atoms with Crippen molar-refractivity contribution in [1.29, 1.82) is 0 Å². The van der Waals surface area contributed by atoms with Crippen LogP contribution in [0.15, 0.2) is 12.1 Å². The molecule has 0 N–H and O–H groups in total. The summed E-state index contributed by atoms with van der Waals surface area (Å²) in [5.41, 5.74) is -0.312. The summed E-state index contributed by atoms with van der Waals surface area (Å²) in [5, 5.41) is 0.941. The van der Waals surface area contributed by atoms with E-state index in [-0.39, 0.29) is 39.5 Å². The Kier molecular flexibility index (Phi) is 6.52. The fourth-order valence-electron chi connectivity index (χ4n) is 1.64. The molecule has 0 saturated heterocycles. The molecule has 0 amide bonds. The van der Waals surface area contributed by atoms with E-state index in [0.717, 1.165) is 0 Å². The molecule has 0 aliphatic heterocycles. The Morgan fingerprint density at radius 1 is 1.14 bits per heavy atom. The minimum Gasteiger partial charge on any atom is -0.490 e. The molecule has 21 heavy (non-hydrogen) atoms. The third-order valence-electron chi connectivity index (χ3n) is 3.02. The van der Waals surface area contributed by atoms with E-state index in [0.29, 0.717) is 5.02 Å². The average molecular weight is 394 g/mol. The Morgan fingerprint density at radius 2 is 1.62 bits per heavy atom. The van der Waals surface area contributed by atoms with Gasteiger partial charge in [0.2, 0.25) is 9.05 Å². The molecule has 0 aliphatic rings. The lowest BCUT2D eigenvalue weighted by Gasteiger charge is -2.29. The Labute approximate surface area is 144 Å². The van der Waals surface area contributed by atoms with Gasteiger partial charge in [0.05, 0.1) is 22.4 Å². The Hall–Kier alpha value is 0.130. The summed E-state index contributed by atoms with van der Waals surface area (Å²) in [7, 11) is 1.71. The second kappa shape index (κ2) is 7.14. The average Bonchev–Trinajstić information content (AvgIpc) is 2.22. The predicted molar refractivity (Wildman–Crippen MR) is 89.6 cm³/mol. The lowest BCUT2D eigenvalue weighted by molar-refractivity contribution is 0.164. The molecule has 3 nitrogen and oxygen atoms in total. The van der Waals surface area contributed by atoms with Crippen molar-refractivity contribution in [2.75, 3.05) is 12.4 Å². The van der Waals surface area contributed by atoms with Gasteiger partial charge in [0.1, 0.15) is 0 Å². The predicted octanol–water partition coefficient (Wildman–Crippen LogP) is 5.26. The number of rotatable bonds is 5. The fourth-order valence-corrected chi connectivity index (χ4v) is 4.10. The van der Waals surface area contributed by atoms with Crippen molar-refractivity contribution in [3.63, 3.8) is 0 Å². The zero-order valence-electron chi connectivity index (χ0n) is 11.8. The second-order valence-corrected chi connectivity index (χ2v) is 9.85. The van der Waals surface area contributed by atoms with Crippen LogP contribution in [0.1, 0.15) is 20.8 Å². The summed E-state index contributed by atoms with van der Waals surface area (Å²) in [6, 6.07) is 3.02. The molecule has 0 radical (unpaired) electrons. The van der Waals surface area contributed by atoms with Gasteiger partial charge in [0.15, 0.2) is 5.75 Å². The van der Waals surface area contributed by atoms with Gasteiger partial charge in [-0.3, -0.25) is 0 Å². The van der Waals surface area contributed by atoms with E-state index in [9.17, 15) is 8.42 Å². The van der Waals surface area contributed by atoms with E-state index in [1.54, 1.807) is 0 Å². The van der Waals surface area contributed by atoms with Crippen molar-refractivity contribution in [2.45, 2.75) is 20.8 Å². The molecule has 0 aliphatic carbocycles. The molecule has 1 aromatic rings. The summed E-state index contributed by atoms with van der Waals surface area (Å²) in [6.45, 7) is 5.85. The van der Waals surface area contributed by atoms with Crippen molar-refractivity contribution in [1.82, 2.24) is 0 Å². The van der Waals surface area contributed by atoms with Gasteiger partial charge < -0.3 is 4.74 Å². The highest BCUT2D eigenvalue weighted by Crippen LogP contribution is 2.37. The minimum atomic E-state index is -3.63. The first-order valence-corrected chi connectivity index (χ1v) is 9.71. The van der Waals surface area contributed by atoms with Crippen LogP contribution in [0, 0.1) is 11.3 Å². The van der Waals surface area contributed by atoms with Gasteiger partial charge in [0, 0.05) is 21.6 Å². The Balaban J connectivity index is 2.93. The molecule has 0 saturated carbocycles. The third-order valence-corrected chi connectivity index (χ3v) is 4.98. The molecule has 1 atom stereocenters. The molecule has 8 heteroatoms. The van der Waals surface area contributed by atoms with E-state index in [2.05, 4.69) is 0 Å². The Morgan fingerprint density at radius 3 is 2.00 bits per heavy atom. The first-order valence-electron chi connectivity index (χ1n) is 6.10. The molecule has 1 rings (SSSR count). The van der Waals surface area contributed by atoms with Crippen LogP contribution in [0.4, 0.5) is 0 Å². The van der Waals surface area contributed by atoms with Crippen LogP contribution in [-0.4, -0.2) is 20.8 Å². The summed E-state index contributed by atoms with van der Waals surface area (Å²) in [5.74, 6) is -0.229. The van der Waals surface area contributed by atoms with Crippen LogP contribution in [0.25, 0.3) is 0 Å². The zero-order chi connectivity index (χ0) is 16.4. The topological polar surface area (TPSA) is 43.4 Å². The number of halogens is 4. The normalized spacial score (nSPS) is 14.0. The first-order chi connectivity index (χ1) is 9.40. The molecule has 120 valence electrons. The zero-order valence-corrected chi connectivity index (χ0v) is 15.6. The lowest BCUT2D eigenvalue weighted by Crippen LogP contribution is -2.31. The number of benzene rings is 1. The van der Waals surface area contributed by atoms with Crippen LogP contribution in [-0.2, 0) is 9.05 Å². The highest BCUT2D eigenvalue weighted by molar-refractivity contribution is 8.13. The maximum atomic E-state index is 11.3. The molecule has 1 unspecified atom stereocenters. The summed E-state index contributed by atoms with van der Waals surface area (Å²) >= 11 is 17.9. The van der Waals surface area contributed by atoms with Gasteiger partial charge in [-0.25, -0.2) is 8.42 Å². The third kappa shape index (κ3) is 6.41. The summed E-state index contributed by atoms with van der Waals surface area (Å²) < 4.78 is 28.2. The molecule has 0 aromatic heterocycles. The number of hydrogen-bond donors (Lipinski definition) is 0. The fraction of sp³-hybridized carbons (Fsp3) is 0.538. The maximum Gasteiger partial charge on any atom is 0.233 e. The molecule has 0 fully saturated rings. The minimum absolute atomic E-state index is 0.122. The molecule has 0 bridgehead atoms. The van der Waals surface area contributed by atoms with Crippen molar-refractivity contribution in [2.24, 2.45) is 11.3 Å². The van der Waals surface area contributed by atoms with Crippen molar-refractivity contribution in [3.05, 3.63) is 27.2 Å². The highest BCUT2D eigenvalue weighted by atomic mass is 35.7. The van der Waals surface area contributed by atoms with Gasteiger partial charge in [0.25, 0.3) is 0 Å². The van der Waals surface area contributed by atoms with Crippen molar-refractivity contribution < 1.29 is 13.2 Å².